The summed E-state index contributed by atoms with van der Waals surface area (Å²) in [6.07, 6.45) is 7.81. The molecule has 2 heterocycles. The maximum Gasteiger partial charge on any atom is 0.0599 e. The van der Waals surface area contributed by atoms with E-state index in [1.807, 2.05) is 5.41 Å². The van der Waals surface area contributed by atoms with Crippen molar-refractivity contribution in [3.05, 3.63) is 190 Å². The average Bonchev–Trinajstić information content (AvgIpc) is 3.85. The summed E-state index contributed by atoms with van der Waals surface area (Å²) in [6.45, 7) is 4.75. The molecular weight excluding hydrogens is 685 g/mol. The minimum Gasteiger partial charge on any atom is -0.355 e. The second-order valence-corrected chi connectivity index (χ2v) is 15.8. The highest BCUT2D eigenvalue weighted by Crippen LogP contribution is 2.52. The smallest absolute Gasteiger partial charge is 0.0599 e. The van der Waals surface area contributed by atoms with Crippen LogP contribution >= 0.6 is 12.6 Å². The van der Waals surface area contributed by atoms with Gasteiger partial charge in [0.05, 0.1) is 22.4 Å². The fourth-order valence-corrected chi connectivity index (χ4v) is 9.96. The molecule has 2 bridgehead atoms. The molecule has 0 amide bonds. The largest absolute Gasteiger partial charge is 0.355 e. The lowest BCUT2D eigenvalue weighted by Gasteiger charge is -2.24. The van der Waals surface area contributed by atoms with E-state index in [9.17, 15) is 0 Å². The summed E-state index contributed by atoms with van der Waals surface area (Å²) in [6, 6.07) is 53.1. The lowest BCUT2D eigenvalue weighted by Crippen LogP contribution is -2.34. The number of anilines is 2. The highest BCUT2D eigenvalue weighted by Gasteiger charge is 2.41. The second-order valence-electron chi connectivity index (χ2n) is 15.5. The summed E-state index contributed by atoms with van der Waals surface area (Å²) < 4.78 is 2.56. The van der Waals surface area contributed by atoms with Gasteiger partial charge in [0.15, 0.2) is 0 Å². The van der Waals surface area contributed by atoms with Crippen molar-refractivity contribution in [2.24, 2.45) is 0 Å². The summed E-state index contributed by atoms with van der Waals surface area (Å²) in [5, 5.41) is 10.7. The number of allylic oxidation sites excluding steroid dienone is 1. The summed E-state index contributed by atoms with van der Waals surface area (Å²) >= 11 is 4.96. The Morgan fingerprint density at radius 1 is 0.673 bits per heavy atom. The maximum absolute atomic E-state index is 4.96. The molecule has 1 aromatic heterocycles. The molecule has 8 aromatic rings. The molecule has 0 saturated heterocycles. The molecule has 55 heavy (non-hydrogen) atoms. The third-order valence-corrected chi connectivity index (χ3v) is 12.4. The molecular formula is C52H38N2S. The van der Waals surface area contributed by atoms with Gasteiger partial charge in [-0.2, -0.15) is 0 Å². The van der Waals surface area contributed by atoms with Crippen molar-refractivity contribution in [3.8, 4) is 50.3 Å². The van der Waals surface area contributed by atoms with Crippen LogP contribution in [-0.2, 0) is 11.8 Å². The molecule has 1 aliphatic heterocycles. The maximum atomic E-state index is 4.96. The van der Waals surface area contributed by atoms with Gasteiger partial charge in [0.25, 0.3) is 0 Å². The molecule has 0 fully saturated rings. The van der Waals surface area contributed by atoms with Crippen LogP contribution in [0, 0.1) is 0 Å². The van der Waals surface area contributed by atoms with Gasteiger partial charge in [-0.15, -0.1) is 12.6 Å². The number of thiol groups is 1. The molecule has 2 aliphatic carbocycles. The Morgan fingerprint density at radius 3 is 2.24 bits per heavy atom. The molecule has 3 heteroatoms. The van der Waals surface area contributed by atoms with Gasteiger partial charge in [-0.25, -0.2) is 0 Å². The van der Waals surface area contributed by atoms with Crippen molar-refractivity contribution in [1.82, 2.24) is 4.57 Å². The van der Waals surface area contributed by atoms with Crippen molar-refractivity contribution >= 4 is 52.3 Å². The van der Waals surface area contributed by atoms with Crippen molar-refractivity contribution in [2.45, 2.75) is 25.7 Å². The van der Waals surface area contributed by atoms with Crippen LogP contribution in [0.1, 0.15) is 41.7 Å². The van der Waals surface area contributed by atoms with E-state index in [1.54, 1.807) is 0 Å². The Balaban J connectivity index is 1.21. The molecule has 0 atom stereocenters. The van der Waals surface area contributed by atoms with Crippen molar-refractivity contribution < 1.29 is 0 Å². The monoisotopic (exact) mass is 722 g/mol. The first-order valence-electron chi connectivity index (χ1n) is 19.1. The Morgan fingerprint density at radius 2 is 1.40 bits per heavy atom. The number of nitrogens with one attached hydrogen (secondary N) is 1. The predicted octanol–water partition coefficient (Wildman–Crippen LogP) is 12.1. The van der Waals surface area contributed by atoms with Crippen LogP contribution in [0.2, 0.25) is 0 Å². The van der Waals surface area contributed by atoms with Crippen molar-refractivity contribution in [2.75, 3.05) is 5.32 Å². The van der Waals surface area contributed by atoms with Gasteiger partial charge >= 0.3 is 0 Å². The number of hydrogen-bond acceptors (Lipinski definition) is 2. The zero-order valence-electron chi connectivity index (χ0n) is 30.8. The number of nitrogens with zero attached hydrogens (tertiary/aromatic N) is 1. The SMILES string of the molecule is CC1(C)c2ccccc2-c2c1c1/c(=C/S)n2-c2c(c(-c3ccc4ccccc4c3Nc3ccc(-c4ccccc4)cc3)cc3c2Cc2ccccc2-3)C=CC=1. The van der Waals surface area contributed by atoms with E-state index < -0.39 is 0 Å². The van der Waals surface area contributed by atoms with Gasteiger partial charge in [0.2, 0.25) is 0 Å². The van der Waals surface area contributed by atoms with E-state index in [1.165, 1.54) is 94.1 Å². The Labute approximate surface area is 326 Å². The molecule has 7 aromatic carbocycles. The highest BCUT2D eigenvalue weighted by atomic mass is 32.1. The average molecular weight is 723 g/mol. The van der Waals surface area contributed by atoms with Crippen molar-refractivity contribution in [3.63, 3.8) is 0 Å². The summed E-state index contributed by atoms with van der Waals surface area (Å²) in [4.78, 5) is 0. The van der Waals surface area contributed by atoms with E-state index in [0.29, 0.717) is 0 Å². The van der Waals surface area contributed by atoms with E-state index >= 15 is 0 Å². The highest BCUT2D eigenvalue weighted by molar-refractivity contribution is 7.88. The Hall–Kier alpha value is -6.29. The van der Waals surface area contributed by atoms with E-state index in [-0.39, 0.29) is 5.41 Å². The number of rotatable bonds is 4. The van der Waals surface area contributed by atoms with Crippen LogP contribution in [0.5, 0.6) is 0 Å². The first-order valence-corrected chi connectivity index (χ1v) is 19.6. The van der Waals surface area contributed by atoms with Crippen LogP contribution in [0.25, 0.3) is 78.7 Å². The van der Waals surface area contributed by atoms with Gasteiger partial charge in [-0.1, -0.05) is 159 Å². The van der Waals surface area contributed by atoms with E-state index in [2.05, 4.69) is 188 Å². The molecule has 0 radical (unpaired) electrons. The molecule has 262 valence electrons. The topological polar surface area (TPSA) is 17.0 Å². The Kier molecular flexibility index (Phi) is 7.08. The quantitative estimate of drug-likeness (QED) is 0.173. The first-order chi connectivity index (χ1) is 27.0. The van der Waals surface area contributed by atoms with Crippen LogP contribution in [-0.4, -0.2) is 4.57 Å². The van der Waals surface area contributed by atoms with Crippen LogP contribution < -0.4 is 15.9 Å². The van der Waals surface area contributed by atoms with Crippen molar-refractivity contribution in [1.29, 1.82) is 0 Å². The zero-order chi connectivity index (χ0) is 36.8. The fourth-order valence-electron chi connectivity index (χ4n) is 9.71. The fraction of sp³-hybridized carbons (Fsp3) is 0.0769. The van der Waals surface area contributed by atoms with E-state index in [4.69, 9.17) is 12.6 Å². The number of fused-ring (bicyclic) bond motifs is 14. The van der Waals surface area contributed by atoms with Gasteiger partial charge < -0.3 is 9.88 Å². The second kappa shape index (κ2) is 12.1. The summed E-state index contributed by atoms with van der Waals surface area (Å²) in [5.41, 5.74) is 19.9. The van der Waals surface area contributed by atoms with Gasteiger partial charge in [0, 0.05) is 44.8 Å². The molecule has 0 spiro atoms. The number of benzene rings is 7. The number of aromatic nitrogens is 1. The van der Waals surface area contributed by atoms with Gasteiger partial charge in [-0.3, -0.25) is 0 Å². The van der Waals surface area contributed by atoms with Crippen LogP contribution in [0.15, 0.2) is 152 Å². The van der Waals surface area contributed by atoms with E-state index in [0.717, 1.165) is 23.1 Å². The molecule has 11 rings (SSSR count). The minimum absolute atomic E-state index is 0.165. The molecule has 2 nitrogen and oxygen atoms in total. The van der Waals surface area contributed by atoms with Crippen LogP contribution in [0.4, 0.5) is 11.4 Å². The van der Waals surface area contributed by atoms with Gasteiger partial charge in [0.1, 0.15) is 0 Å². The standard InChI is InChI=1S/C52H38N2S/c1-52(2)46-22-11-10-19-41(46)51-48(52)42-21-12-20-40-44(30-43-37-17-8-7-16-35(37)29-45(43)50(40)54(51)47(42)31-55)39-28-25-34-15-6-9-18-38(34)49(39)53-36-26-23-33(24-27-36)32-13-4-3-5-14-32/h3-28,30-31,53,55H,29H2,1-2H3/b20-12?,42-21?,47-31-. The lowest BCUT2D eigenvalue weighted by molar-refractivity contribution is 0.657. The lowest BCUT2D eigenvalue weighted by atomic mass is 9.82. The first kappa shape index (κ1) is 32.2. The molecule has 0 unspecified atom stereocenters. The predicted molar refractivity (Wildman–Crippen MR) is 236 cm³/mol. The molecule has 1 N–H and O–H groups in total. The molecule has 0 saturated carbocycles. The Bertz CT molecular complexity index is 3050. The zero-order valence-corrected chi connectivity index (χ0v) is 31.7. The van der Waals surface area contributed by atoms with Gasteiger partial charge in [-0.05, 0) is 79.1 Å². The summed E-state index contributed by atoms with van der Waals surface area (Å²) in [5.74, 6) is 0. The number of hydrogen-bond donors (Lipinski definition) is 2. The normalized spacial score (nSPS) is 14.3. The minimum atomic E-state index is -0.165. The molecule has 3 aliphatic rings. The van der Waals surface area contributed by atoms with Crippen LogP contribution in [0.3, 0.4) is 0 Å². The summed E-state index contributed by atoms with van der Waals surface area (Å²) in [7, 11) is 0. The third-order valence-electron chi connectivity index (χ3n) is 12.2. The third kappa shape index (κ3) is 4.70.